The van der Waals surface area contributed by atoms with Crippen LogP contribution >= 0.6 is 15.9 Å². The molecule has 3 rings (SSSR count). The van der Waals surface area contributed by atoms with Gasteiger partial charge in [-0.25, -0.2) is 0 Å². The van der Waals surface area contributed by atoms with Crippen LogP contribution in [0.3, 0.4) is 0 Å². The lowest BCUT2D eigenvalue weighted by molar-refractivity contribution is 0.00306. The van der Waals surface area contributed by atoms with Crippen LogP contribution < -0.4 is 14.8 Å². The summed E-state index contributed by atoms with van der Waals surface area (Å²) in [5, 5.41) is 22.2. The molecule has 3 N–H and O–H groups in total. The summed E-state index contributed by atoms with van der Waals surface area (Å²) in [5.74, 6) is 0.706. The Hall–Kier alpha value is -1.57. The lowest BCUT2D eigenvalue weighted by Crippen LogP contribution is -2.49. The molecule has 0 radical (unpaired) electrons. The Bertz CT molecular complexity index is 603. The minimum atomic E-state index is -1.02. The maximum atomic E-state index is 12.3. The standard InChI is InChI=1S/C14H14BrNO5/c15-8-5-12-11(20-6-21-12)4-7(8)14(19)16-9-2-1-3-10(17)13(9)18/h1-2,4-5,9-10,13,17-18H,3,6H2,(H,16,19)/t9-,10-,13+/m1/s1. The highest BCUT2D eigenvalue weighted by Gasteiger charge is 2.29. The molecule has 0 saturated heterocycles. The van der Waals surface area contributed by atoms with Crippen LogP contribution in [0.2, 0.25) is 0 Å². The van der Waals surface area contributed by atoms with Gasteiger partial charge in [-0.3, -0.25) is 4.79 Å². The van der Waals surface area contributed by atoms with Gasteiger partial charge in [0.15, 0.2) is 11.5 Å². The molecule has 3 atom stereocenters. The summed E-state index contributed by atoms with van der Waals surface area (Å²) in [6, 6.07) is 2.62. The first-order valence-electron chi connectivity index (χ1n) is 6.49. The number of amides is 1. The first-order chi connectivity index (χ1) is 10.1. The number of aliphatic hydroxyl groups excluding tert-OH is 2. The largest absolute Gasteiger partial charge is 0.454 e. The van der Waals surface area contributed by atoms with Crippen molar-refractivity contribution in [2.75, 3.05) is 6.79 Å². The molecule has 7 heteroatoms. The van der Waals surface area contributed by atoms with E-state index in [0.717, 1.165) is 0 Å². The molecule has 21 heavy (non-hydrogen) atoms. The van der Waals surface area contributed by atoms with Crippen LogP contribution in [-0.4, -0.2) is 41.2 Å². The molecule has 1 aliphatic carbocycles. The van der Waals surface area contributed by atoms with Crippen molar-refractivity contribution in [3.05, 3.63) is 34.3 Å². The van der Waals surface area contributed by atoms with Crippen molar-refractivity contribution in [3.8, 4) is 11.5 Å². The number of halogens is 1. The molecule has 0 saturated carbocycles. The summed E-state index contributed by atoms with van der Waals surface area (Å²) in [6.07, 6.45) is 1.89. The van der Waals surface area contributed by atoms with Crippen molar-refractivity contribution < 1.29 is 24.5 Å². The normalized spacial score (nSPS) is 26.7. The number of nitrogens with one attached hydrogen (secondary N) is 1. The third-order valence-corrected chi connectivity index (χ3v) is 4.14. The third-order valence-electron chi connectivity index (χ3n) is 3.49. The van der Waals surface area contributed by atoms with E-state index in [1.54, 1.807) is 24.3 Å². The van der Waals surface area contributed by atoms with Gasteiger partial charge >= 0.3 is 0 Å². The fraction of sp³-hybridized carbons (Fsp3) is 0.357. The molecule has 1 amide bonds. The molecule has 6 nitrogen and oxygen atoms in total. The van der Waals surface area contributed by atoms with Gasteiger partial charge in [-0.2, -0.15) is 0 Å². The van der Waals surface area contributed by atoms with Crippen molar-refractivity contribution in [2.45, 2.75) is 24.7 Å². The molecule has 1 heterocycles. The van der Waals surface area contributed by atoms with Gasteiger partial charge in [0, 0.05) is 4.47 Å². The highest BCUT2D eigenvalue weighted by Crippen LogP contribution is 2.36. The van der Waals surface area contributed by atoms with Gasteiger partial charge in [-0.05, 0) is 34.5 Å². The summed E-state index contributed by atoms with van der Waals surface area (Å²) in [6.45, 7) is 0.128. The topological polar surface area (TPSA) is 88.0 Å². The van der Waals surface area contributed by atoms with Gasteiger partial charge in [-0.15, -0.1) is 0 Å². The zero-order chi connectivity index (χ0) is 15.0. The van der Waals surface area contributed by atoms with E-state index in [-0.39, 0.29) is 12.7 Å². The maximum Gasteiger partial charge on any atom is 0.253 e. The predicted octanol–water partition coefficient (Wildman–Crippen LogP) is 0.958. The number of rotatable bonds is 2. The summed E-state index contributed by atoms with van der Waals surface area (Å²) in [5.41, 5.74) is 0.375. The Morgan fingerprint density at radius 2 is 2.00 bits per heavy atom. The van der Waals surface area contributed by atoms with Gasteiger partial charge in [0.05, 0.1) is 17.7 Å². The SMILES string of the molecule is O=C(N[C@@H]1C=CC[C@@H](O)[C@H]1O)c1cc2c(cc1Br)OCO2. The molecule has 0 aromatic heterocycles. The molecule has 1 aromatic carbocycles. The summed E-state index contributed by atoms with van der Waals surface area (Å²) in [7, 11) is 0. The van der Waals surface area contributed by atoms with Crippen molar-refractivity contribution in [1.29, 1.82) is 0 Å². The Kier molecular flexibility index (Phi) is 3.88. The summed E-state index contributed by atoms with van der Waals surface area (Å²) >= 11 is 3.32. The van der Waals surface area contributed by atoms with Crippen molar-refractivity contribution in [1.82, 2.24) is 5.32 Å². The van der Waals surface area contributed by atoms with Crippen LogP contribution in [0.15, 0.2) is 28.8 Å². The number of benzene rings is 1. The zero-order valence-corrected chi connectivity index (χ0v) is 12.5. The fourth-order valence-electron chi connectivity index (χ4n) is 2.31. The zero-order valence-electron chi connectivity index (χ0n) is 11.0. The second kappa shape index (κ2) is 5.67. The minimum Gasteiger partial charge on any atom is -0.454 e. The highest BCUT2D eigenvalue weighted by atomic mass is 79.9. The number of aliphatic hydroxyl groups is 2. The van der Waals surface area contributed by atoms with Gasteiger partial charge in [0.2, 0.25) is 6.79 Å². The van der Waals surface area contributed by atoms with Crippen LogP contribution in [0.5, 0.6) is 11.5 Å². The smallest absolute Gasteiger partial charge is 0.253 e. The summed E-state index contributed by atoms with van der Waals surface area (Å²) in [4.78, 5) is 12.3. The lowest BCUT2D eigenvalue weighted by Gasteiger charge is -2.28. The van der Waals surface area contributed by atoms with E-state index in [0.29, 0.717) is 28.0 Å². The second-order valence-electron chi connectivity index (χ2n) is 4.91. The predicted molar refractivity (Wildman–Crippen MR) is 77.3 cm³/mol. The van der Waals surface area contributed by atoms with Gasteiger partial charge in [0.1, 0.15) is 6.10 Å². The number of ether oxygens (including phenoxy) is 2. The number of carbonyl (C=O) groups excluding carboxylic acids is 1. The quantitative estimate of drug-likeness (QED) is 0.687. The first-order valence-corrected chi connectivity index (χ1v) is 7.28. The minimum absolute atomic E-state index is 0.128. The van der Waals surface area contributed by atoms with Crippen LogP contribution in [-0.2, 0) is 0 Å². The molecular formula is C14H14BrNO5. The van der Waals surface area contributed by atoms with Gasteiger partial charge in [-0.1, -0.05) is 12.2 Å². The highest BCUT2D eigenvalue weighted by molar-refractivity contribution is 9.10. The number of hydrogen-bond donors (Lipinski definition) is 3. The molecule has 0 bridgehead atoms. The van der Waals surface area contributed by atoms with E-state index in [9.17, 15) is 15.0 Å². The van der Waals surface area contributed by atoms with Crippen LogP contribution in [0, 0.1) is 0 Å². The van der Waals surface area contributed by atoms with E-state index in [1.165, 1.54) is 0 Å². The van der Waals surface area contributed by atoms with Crippen molar-refractivity contribution in [2.24, 2.45) is 0 Å². The number of hydrogen-bond acceptors (Lipinski definition) is 5. The maximum absolute atomic E-state index is 12.3. The average Bonchev–Trinajstić information content (AvgIpc) is 2.90. The third kappa shape index (κ3) is 2.76. The summed E-state index contributed by atoms with van der Waals surface area (Å²) < 4.78 is 11.0. The van der Waals surface area contributed by atoms with Gasteiger partial charge in [0.25, 0.3) is 5.91 Å². The van der Waals surface area contributed by atoms with Crippen molar-refractivity contribution >= 4 is 21.8 Å². The number of fused-ring (bicyclic) bond motifs is 1. The van der Waals surface area contributed by atoms with Crippen LogP contribution in [0.25, 0.3) is 0 Å². The van der Waals surface area contributed by atoms with E-state index in [2.05, 4.69) is 21.2 Å². The van der Waals surface area contributed by atoms with Gasteiger partial charge < -0.3 is 25.0 Å². The molecule has 0 spiro atoms. The molecule has 1 aliphatic heterocycles. The lowest BCUT2D eigenvalue weighted by atomic mass is 9.96. The molecule has 0 fully saturated rings. The van der Waals surface area contributed by atoms with E-state index >= 15 is 0 Å². The Balaban J connectivity index is 1.80. The fourth-order valence-corrected chi connectivity index (χ4v) is 2.81. The Morgan fingerprint density at radius 3 is 2.76 bits per heavy atom. The number of carbonyl (C=O) groups is 1. The average molecular weight is 356 g/mol. The Morgan fingerprint density at radius 1 is 1.29 bits per heavy atom. The molecule has 2 aliphatic rings. The van der Waals surface area contributed by atoms with Crippen molar-refractivity contribution in [3.63, 3.8) is 0 Å². The van der Waals surface area contributed by atoms with E-state index in [4.69, 9.17) is 9.47 Å². The monoisotopic (exact) mass is 355 g/mol. The van der Waals surface area contributed by atoms with E-state index < -0.39 is 18.2 Å². The van der Waals surface area contributed by atoms with E-state index in [1.807, 2.05) is 0 Å². The molecule has 0 unspecified atom stereocenters. The first kappa shape index (κ1) is 14.4. The molecule has 1 aromatic rings. The second-order valence-corrected chi connectivity index (χ2v) is 5.76. The molecule has 112 valence electrons. The Labute approximate surface area is 129 Å². The van der Waals surface area contributed by atoms with Crippen LogP contribution in [0.1, 0.15) is 16.8 Å². The van der Waals surface area contributed by atoms with Crippen LogP contribution in [0.4, 0.5) is 0 Å². The molecular weight excluding hydrogens is 342 g/mol.